The third-order valence-corrected chi connectivity index (χ3v) is 4.08. The van der Waals surface area contributed by atoms with Gasteiger partial charge in [0.05, 0.1) is 7.11 Å². The molecule has 1 N–H and O–H groups in total. The average Bonchev–Trinajstić information content (AvgIpc) is 2.66. The number of amides is 1. The van der Waals surface area contributed by atoms with Gasteiger partial charge < -0.3 is 19.5 Å². The van der Waals surface area contributed by atoms with E-state index in [2.05, 4.69) is 26.1 Å². The minimum Gasteiger partial charge on any atom is -0.497 e. The van der Waals surface area contributed by atoms with E-state index in [9.17, 15) is 9.59 Å². The molecule has 0 unspecified atom stereocenters. The highest BCUT2D eigenvalue weighted by molar-refractivity contribution is 5.93. The zero-order chi connectivity index (χ0) is 20.7. The van der Waals surface area contributed by atoms with E-state index >= 15 is 0 Å². The zero-order valence-corrected chi connectivity index (χ0v) is 16.9. The number of methoxy groups -OCH3 is 1. The molecule has 0 saturated heterocycles. The van der Waals surface area contributed by atoms with Crippen LogP contribution in [0.5, 0.6) is 11.5 Å². The molecule has 1 atom stereocenters. The van der Waals surface area contributed by atoms with Crippen LogP contribution in [0.1, 0.15) is 33.3 Å². The molecule has 6 nitrogen and oxygen atoms in total. The maximum atomic E-state index is 12.1. The molecule has 2 aromatic rings. The number of anilines is 1. The van der Waals surface area contributed by atoms with Gasteiger partial charge in [-0.3, -0.25) is 4.79 Å². The molecule has 6 heteroatoms. The first-order chi connectivity index (χ1) is 13.2. The summed E-state index contributed by atoms with van der Waals surface area (Å²) in [5.41, 5.74) is 1.80. The van der Waals surface area contributed by atoms with Crippen LogP contribution >= 0.6 is 0 Å². The highest BCUT2D eigenvalue weighted by Gasteiger charge is 2.19. The summed E-state index contributed by atoms with van der Waals surface area (Å²) in [5, 5.41) is 2.64. The second-order valence-corrected chi connectivity index (χ2v) is 7.42. The van der Waals surface area contributed by atoms with Gasteiger partial charge in [0, 0.05) is 5.69 Å². The van der Waals surface area contributed by atoms with Crippen molar-refractivity contribution in [3.8, 4) is 11.5 Å². The molecule has 2 rings (SSSR count). The Labute approximate surface area is 165 Å². The molecule has 0 fully saturated rings. The number of ether oxygens (including phenoxy) is 3. The average molecular weight is 385 g/mol. The molecule has 150 valence electrons. The van der Waals surface area contributed by atoms with Crippen molar-refractivity contribution in [1.29, 1.82) is 0 Å². The van der Waals surface area contributed by atoms with Crippen LogP contribution in [-0.2, 0) is 19.7 Å². The van der Waals surface area contributed by atoms with Crippen LogP contribution in [0.4, 0.5) is 5.69 Å². The number of carbonyl (C=O) groups excluding carboxylic acids is 2. The Hall–Kier alpha value is -3.02. The third kappa shape index (κ3) is 6.30. The Kier molecular flexibility index (Phi) is 7.04. The monoisotopic (exact) mass is 385 g/mol. The van der Waals surface area contributed by atoms with E-state index in [0.29, 0.717) is 17.2 Å². The van der Waals surface area contributed by atoms with Gasteiger partial charge in [0.15, 0.2) is 12.7 Å². The molecular weight excluding hydrogens is 358 g/mol. The molecule has 0 bridgehead atoms. The Morgan fingerprint density at radius 2 is 1.54 bits per heavy atom. The summed E-state index contributed by atoms with van der Waals surface area (Å²) in [4.78, 5) is 24.0. The number of hydrogen-bond acceptors (Lipinski definition) is 5. The summed E-state index contributed by atoms with van der Waals surface area (Å²) in [6.07, 6.45) is -0.825. The van der Waals surface area contributed by atoms with Gasteiger partial charge in [0.1, 0.15) is 11.5 Å². The number of hydrogen-bond donors (Lipinski definition) is 1. The maximum Gasteiger partial charge on any atom is 0.347 e. The summed E-state index contributed by atoms with van der Waals surface area (Å²) in [6.45, 7) is 7.57. The molecule has 0 heterocycles. The molecule has 0 aliphatic rings. The second kappa shape index (κ2) is 9.26. The normalized spacial score (nSPS) is 12.0. The van der Waals surface area contributed by atoms with Gasteiger partial charge in [0.2, 0.25) is 0 Å². The number of esters is 1. The van der Waals surface area contributed by atoms with Crippen molar-refractivity contribution >= 4 is 17.6 Å². The third-order valence-electron chi connectivity index (χ3n) is 4.08. The fraction of sp³-hybridized carbons (Fsp3) is 0.364. The minimum absolute atomic E-state index is 0.0420. The van der Waals surface area contributed by atoms with E-state index in [1.807, 2.05) is 24.3 Å². The van der Waals surface area contributed by atoms with Crippen LogP contribution in [0.15, 0.2) is 48.5 Å². The fourth-order valence-corrected chi connectivity index (χ4v) is 2.41. The molecular formula is C22H27NO5. The SMILES string of the molecule is COc1ccc(NC(=O)COC(=O)[C@H](C)Oc2ccc(C(C)(C)C)cc2)cc1. The summed E-state index contributed by atoms with van der Waals surface area (Å²) < 4.78 is 15.7. The molecule has 1 amide bonds. The second-order valence-electron chi connectivity index (χ2n) is 7.42. The van der Waals surface area contributed by atoms with Crippen molar-refractivity contribution < 1.29 is 23.8 Å². The molecule has 2 aromatic carbocycles. The van der Waals surface area contributed by atoms with Crippen LogP contribution in [0, 0.1) is 0 Å². The molecule has 0 aromatic heterocycles. The van der Waals surface area contributed by atoms with Crippen LogP contribution < -0.4 is 14.8 Å². The number of benzene rings is 2. The smallest absolute Gasteiger partial charge is 0.347 e. The van der Waals surface area contributed by atoms with Crippen molar-refractivity contribution in [2.45, 2.75) is 39.2 Å². The highest BCUT2D eigenvalue weighted by Crippen LogP contribution is 2.24. The number of nitrogens with one attached hydrogen (secondary N) is 1. The van der Waals surface area contributed by atoms with Crippen LogP contribution in [0.3, 0.4) is 0 Å². The van der Waals surface area contributed by atoms with E-state index in [1.165, 1.54) is 5.56 Å². The van der Waals surface area contributed by atoms with Crippen molar-refractivity contribution in [1.82, 2.24) is 0 Å². The summed E-state index contributed by atoms with van der Waals surface area (Å²) in [7, 11) is 1.56. The molecule has 0 aliphatic carbocycles. The number of carbonyl (C=O) groups is 2. The molecule has 0 saturated carbocycles. The minimum atomic E-state index is -0.825. The predicted molar refractivity (Wildman–Crippen MR) is 108 cm³/mol. The van der Waals surface area contributed by atoms with Crippen LogP contribution in [0.25, 0.3) is 0 Å². The first-order valence-corrected chi connectivity index (χ1v) is 9.07. The van der Waals surface area contributed by atoms with E-state index < -0.39 is 18.0 Å². The van der Waals surface area contributed by atoms with E-state index in [0.717, 1.165) is 0 Å². The van der Waals surface area contributed by atoms with Gasteiger partial charge >= 0.3 is 5.97 Å². The van der Waals surface area contributed by atoms with Gasteiger partial charge in [-0.25, -0.2) is 4.79 Å². The highest BCUT2D eigenvalue weighted by atomic mass is 16.6. The Morgan fingerprint density at radius 1 is 0.964 bits per heavy atom. The summed E-state index contributed by atoms with van der Waals surface area (Å²) in [6, 6.07) is 14.4. The molecule has 0 spiro atoms. The lowest BCUT2D eigenvalue weighted by Gasteiger charge is -2.20. The van der Waals surface area contributed by atoms with Gasteiger partial charge in [0.25, 0.3) is 5.91 Å². The summed E-state index contributed by atoms with van der Waals surface area (Å²) >= 11 is 0. The molecule has 0 radical (unpaired) electrons. The first kappa shape index (κ1) is 21.3. The van der Waals surface area contributed by atoms with E-state index in [1.54, 1.807) is 38.3 Å². The fourth-order valence-electron chi connectivity index (χ4n) is 2.41. The Bertz CT molecular complexity index is 791. The predicted octanol–water partition coefficient (Wildman–Crippen LogP) is 3.94. The maximum absolute atomic E-state index is 12.1. The van der Waals surface area contributed by atoms with Crippen molar-refractivity contribution in [2.75, 3.05) is 19.0 Å². The van der Waals surface area contributed by atoms with Gasteiger partial charge in [-0.2, -0.15) is 0 Å². The van der Waals surface area contributed by atoms with Gasteiger partial charge in [-0.15, -0.1) is 0 Å². The zero-order valence-electron chi connectivity index (χ0n) is 16.9. The lowest BCUT2D eigenvalue weighted by molar-refractivity contribution is -0.153. The van der Waals surface area contributed by atoms with Crippen molar-refractivity contribution in [3.05, 3.63) is 54.1 Å². The largest absolute Gasteiger partial charge is 0.497 e. The first-order valence-electron chi connectivity index (χ1n) is 9.07. The van der Waals surface area contributed by atoms with Crippen LogP contribution in [0.2, 0.25) is 0 Å². The van der Waals surface area contributed by atoms with Crippen molar-refractivity contribution in [2.24, 2.45) is 0 Å². The Balaban J connectivity index is 1.80. The lowest BCUT2D eigenvalue weighted by Crippen LogP contribution is -2.29. The van der Waals surface area contributed by atoms with E-state index in [4.69, 9.17) is 14.2 Å². The van der Waals surface area contributed by atoms with E-state index in [-0.39, 0.29) is 12.0 Å². The molecule has 0 aliphatic heterocycles. The van der Waals surface area contributed by atoms with Gasteiger partial charge in [-0.05, 0) is 54.3 Å². The molecule has 28 heavy (non-hydrogen) atoms. The standard InChI is InChI=1S/C22H27NO5/c1-15(28-19-10-6-16(7-11-19)22(2,3)4)21(25)27-14-20(24)23-17-8-12-18(26-5)13-9-17/h6-13,15H,14H2,1-5H3,(H,23,24)/t15-/m0/s1. The number of rotatable bonds is 7. The summed E-state index contributed by atoms with van der Waals surface area (Å²) in [5.74, 6) is 0.219. The lowest BCUT2D eigenvalue weighted by atomic mass is 9.87. The van der Waals surface area contributed by atoms with Crippen molar-refractivity contribution in [3.63, 3.8) is 0 Å². The Morgan fingerprint density at radius 3 is 2.07 bits per heavy atom. The van der Waals surface area contributed by atoms with Gasteiger partial charge in [-0.1, -0.05) is 32.9 Å². The van der Waals surface area contributed by atoms with Crippen LogP contribution in [-0.4, -0.2) is 31.7 Å². The topological polar surface area (TPSA) is 73.9 Å². The quantitative estimate of drug-likeness (QED) is 0.731.